The molecule has 11 nitrogen and oxygen atoms in total. The summed E-state index contributed by atoms with van der Waals surface area (Å²) in [7, 11) is -2.65. The average molecular weight is 463 g/mol. The third kappa shape index (κ3) is 3.74. The van der Waals surface area contributed by atoms with Crippen molar-refractivity contribution in [2.45, 2.75) is 10.9 Å². The number of aryl methyl sites for hydroxylation is 1. The van der Waals surface area contributed by atoms with Crippen molar-refractivity contribution in [3.05, 3.63) is 41.5 Å². The zero-order chi connectivity index (χ0) is 23.2. The maximum atomic E-state index is 13.6. The summed E-state index contributed by atoms with van der Waals surface area (Å²) in [6.07, 6.45) is 0.0627. The van der Waals surface area contributed by atoms with Gasteiger partial charge in [0, 0.05) is 44.0 Å². The molecule has 0 bridgehead atoms. The maximum Gasteiger partial charge on any atom is 0.407 e. The van der Waals surface area contributed by atoms with E-state index in [0.717, 1.165) is 17.0 Å². The van der Waals surface area contributed by atoms with E-state index in [0.29, 0.717) is 0 Å². The number of aromatic nitrogens is 1. The standard InChI is InChI=1S/C19H18FN5O6S/c1-24-8-15-17(16(24)18(26)22-12-2-3-13(20)10(4-12)5-21)31-9-11-6-25(19(27)28)7-14(11)23-32(15,29)30/h2-4,8,11,14,23H,6-7,9H2,1H3,(H,22,26)(H,27,28)/t11-,14-/m0/s1. The van der Waals surface area contributed by atoms with Crippen LogP contribution in [-0.2, 0) is 17.1 Å². The van der Waals surface area contributed by atoms with Gasteiger partial charge >= 0.3 is 6.09 Å². The van der Waals surface area contributed by atoms with Crippen LogP contribution >= 0.6 is 0 Å². The number of hydrogen-bond donors (Lipinski definition) is 3. The Labute approximate surface area is 182 Å². The molecule has 1 fully saturated rings. The first-order chi connectivity index (χ1) is 15.1. The van der Waals surface area contributed by atoms with Crippen LogP contribution in [0, 0.1) is 23.1 Å². The largest absolute Gasteiger partial charge is 0.489 e. The molecule has 1 saturated heterocycles. The molecule has 1 aromatic heterocycles. The molecule has 2 aromatic rings. The summed E-state index contributed by atoms with van der Waals surface area (Å²) in [5, 5.41) is 20.7. The molecule has 3 heterocycles. The van der Waals surface area contributed by atoms with E-state index in [2.05, 4.69) is 10.0 Å². The number of ether oxygens (including phenoxy) is 1. The number of hydrogen-bond acceptors (Lipinski definition) is 6. The van der Waals surface area contributed by atoms with Crippen molar-refractivity contribution in [2.75, 3.05) is 25.0 Å². The lowest BCUT2D eigenvalue weighted by Crippen LogP contribution is -2.43. The Kier molecular flexibility index (Phi) is 5.27. The van der Waals surface area contributed by atoms with Crippen molar-refractivity contribution in [1.29, 1.82) is 5.26 Å². The van der Waals surface area contributed by atoms with Crippen LogP contribution < -0.4 is 14.8 Å². The highest BCUT2D eigenvalue weighted by Gasteiger charge is 2.42. The molecular formula is C19H18FN5O6S. The minimum Gasteiger partial charge on any atom is -0.489 e. The second kappa shape index (κ2) is 7.81. The fraction of sp³-hybridized carbons (Fsp3) is 0.316. The lowest BCUT2D eigenvalue weighted by Gasteiger charge is -2.23. The molecule has 4 rings (SSSR count). The molecule has 13 heteroatoms. The number of fused-ring (bicyclic) bond motifs is 2. The smallest absolute Gasteiger partial charge is 0.407 e. The summed E-state index contributed by atoms with van der Waals surface area (Å²) in [5.41, 5.74) is -0.217. The number of carboxylic acid groups (broad SMARTS) is 1. The number of anilines is 1. The number of nitrogens with zero attached hydrogens (tertiary/aromatic N) is 3. The molecule has 32 heavy (non-hydrogen) atoms. The highest BCUT2D eigenvalue weighted by Crippen LogP contribution is 2.34. The van der Waals surface area contributed by atoms with Gasteiger partial charge in [-0.2, -0.15) is 5.26 Å². The highest BCUT2D eigenvalue weighted by atomic mass is 32.2. The molecule has 0 aliphatic carbocycles. The normalized spacial score (nSPS) is 21.3. The van der Waals surface area contributed by atoms with Gasteiger partial charge in [-0.1, -0.05) is 0 Å². The number of benzene rings is 1. The van der Waals surface area contributed by atoms with Crippen LogP contribution in [0.5, 0.6) is 5.75 Å². The molecule has 0 spiro atoms. The summed E-state index contributed by atoms with van der Waals surface area (Å²) >= 11 is 0. The van der Waals surface area contributed by atoms with E-state index in [1.54, 1.807) is 6.07 Å². The van der Waals surface area contributed by atoms with Gasteiger partial charge in [0.15, 0.2) is 11.4 Å². The predicted molar refractivity (Wildman–Crippen MR) is 107 cm³/mol. The molecular weight excluding hydrogens is 445 g/mol. The fourth-order valence-corrected chi connectivity index (χ4v) is 5.32. The van der Waals surface area contributed by atoms with Crippen molar-refractivity contribution in [1.82, 2.24) is 14.2 Å². The second-order valence-electron chi connectivity index (χ2n) is 7.53. The van der Waals surface area contributed by atoms with Crippen molar-refractivity contribution in [2.24, 2.45) is 13.0 Å². The van der Waals surface area contributed by atoms with Gasteiger partial charge in [-0.05, 0) is 18.2 Å². The van der Waals surface area contributed by atoms with Crippen LogP contribution in [0.15, 0.2) is 29.3 Å². The van der Waals surface area contributed by atoms with Crippen LogP contribution in [0.2, 0.25) is 0 Å². The summed E-state index contributed by atoms with van der Waals surface area (Å²) in [4.78, 5) is 25.1. The molecule has 3 N–H and O–H groups in total. The van der Waals surface area contributed by atoms with Crippen LogP contribution in [0.25, 0.3) is 0 Å². The zero-order valence-corrected chi connectivity index (χ0v) is 17.5. The number of likely N-dealkylation sites (tertiary alicyclic amines) is 1. The third-order valence-corrected chi connectivity index (χ3v) is 6.89. The molecule has 0 unspecified atom stereocenters. The number of amides is 2. The summed E-state index contributed by atoms with van der Waals surface area (Å²) < 4.78 is 49.0. The van der Waals surface area contributed by atoms with Gasteiger partial charge < -0.3 is 24.6 Å². The molecule has 1 aromatic carbocycles. The van der Waals surface area contributed by atoms with Gasteiger partial charge in [-0.3, -0.25) is 4.79 Å². The van der Waals surface area contributed by atoms with E-state index >= 15 is 0 Å². The maximum absolute atomic E-state index is 13.6. The van der Waals surface area contributed by atoms with E-state index in [-0.39, 0.29) is 47.3 Å². The Morgan fingerprint density at radius 3 is 2.81 bits per heavy atom. The second-order valence-corrected chi connectivity index (χ2v) is 9.21. The predicted octanol–water partition coefficient (Wildman–Crippen LogP) is 0.937. The van der Waals surface area contributed by atoms with E-state index in [1.165, 1.54) is 23.9 Å². The van der Waals surface area contributed by atoms with Crippen molar-refractivity contribution in [3.63, 3.8) is 0 Å². The number of carbonyl (C=O) groups excluding carboxylic acids is 1. The molecule has 2 aliphatic heterocycles. The number of halogens is 1. The van der Waals surface area contributed by atoms with Crippen LogP contribution in [0.4, 0.5) is 14.9 Å². The van der Waals surface area contributed by atoms with Gasteiger partial charge in [0.1, 0.15) is 16.8 Å². The number of sulfonamides is 1. The topological polar surface area (TPSA) is 154 Å². The molecule has 0 saturated carbocycles. The first-order valence-electron chi connectivity index (χ1n) is 9.44. The van der Waals surface area contributed by atoms with E-state index in [1.807, 2.05) is 0 Å². The van der Waals surface area contributed by atoms with E-state index < -0.39 is 39.8 Å². The van der Waals surface area contributed by atoms with Crippen molar-refractivity contribution < 1.29 is 32.2 Å². The Bertz CT molecular complexity index is 1270. The SMILES string of the molecule is Cn1cc2c(c1C(=O)Nc1ccc(F)c(C#N)c1)OC[C@@H]1CN(C(=O)O)C[C@@H]1NS2(=O)=O. The van der Waals surface area contributed by atoms with Gasteiger partial charge in [-0.15, -0.1) is 0 Å². The molecule has 168 valence electrons. The summed E-state index contributed by atoms with van der Waals surface area (Å²) in [5.74, 6) is -2.08. The number of carbonyl (C=O) groups is 2. The zero-order valence-electron chi connectivity index (χ0n) is 16.7. The Morgan fingerprint density at radius 1 is 1.38 bits per heavy atom. The monoisotopic (exact) mass is 463 g/mol. The highest BCUT2D eigenvalue weighted by molar-refractivity contribution is 7.89. The van der Waals surface area contributed by atoms with Gasteiger partial charge in [0.25, 0.3) is 5.91 Å². The Morgan fingerprint density at radius 2 is 2.12 bits per heavy atom. The van der Waals surface area contributed by atoms with E-state index in [4.69, 9.17) is 10.00 Å². The summed E-state index contributed by atoms with van der Waals surface area (Å²) in [6, 6.07) is 4.47. The molecule has 0 radical (unpaired) electrons. The Hall–Kier alpha value is -3.63. The first-order valence-corrected chi connectivity index (χ1v) is 10.9. The first kappa shape index (κ1) is 21.6. The number of rotatable bonds is 2. The molecule has 2 aliphatic rings. The van der Waals surface area contributed by atoms with Gasteiger partial charge in [0.05, 0.1) is 12.2 Å². The van der Waals surface area contributed by atoms with Gasteiger partial charge in [0.2, 0.25) is 10.0 Å². The van der Waals surface area contributed by atoms with Gasteiger partial charge in [-0.25, -0.2) is 22.3 Å². The van der Waals surface area contributed by atoms with Crippen LogP contribution in [-0.4, -0.2) is 60.7 Å². The number of nitrogens with one attached hydrogen (secondary N) is 2. The molecule has 2 amide bonds. The lowest BCUT2D eigenvalue weighted by atomic mass is 10.1. The fourth-order valence-electron chi connectivity index (χ4n) is 3.83. The van der Waals surface area contributed by atoms with Crippen molar-refractivity contribution in [3.8, 4) is 11.8 Å². The quantitative estimate of drug-likeness (QED) is 0.599. The number of nitriles is 1. The summed E-state index contributed by atoms with van der Waals surface area (Å²) in [6.45, 7) is 0.0615. The van der Waals surface area contributed by atoms with Crippen LogP contribution in [0.1, 0.15) is 16.1 Å². The molecule has 2 atom stereocenters. The lowest BCUT2D eigenvalue weighted by molar-refractivity contribution is 0.101. The Balaban J connectivity index is 1.67. The van der Waals surface area contributed by atoms with E-state index in [9.17, 15) is 27.5 Å². The third-order valence-electron chi connectivity index (χ3n) is 5.41. The average Bonchev–Trinajstić information content (AvgIpc) is 3.27. The minimum absolute atomic E-state index is 0.0100. The van der Waals surface area contributed by atoms with Crippen LogP contribution in [0.3, 0.4) is 0 Å². The van der Waals surface area contributed by atoms with Crippen molar-refractivity contribution >= 4 is 27.7 Å². The minimum atomic E-state index is -4.12.